The number of thiophene rings is 1. The minimum absolute atomic E-state index is 0.463. The molecule has 0 atom stereocenters. The molecule has 0 aliphatic carbocycles. The van der Waals surface area contributed by atoms with E-state index in [1.807, 2.05) is 18.4 Å². The number of nitro groups is 1. The van der Waals surface area contributed by atoms with Gasteiger partial charge in [0.25, 0.3) is 0 Å². The fourth-order valence-electron chi connectivity index (χ4n) is 0.675. The Morgan fingerprint density at radius 2 is 2.45 bits per heavy atom. The summed E-state index contributed by atoms with van der Waals surface area (Å²) in [5.41, 5.74) is 1.14. The first-order valence-electron chi connectivity index (χ1n) is 3.05. The van der Waals surface area contributed by atoms with Crippen molar-refractivity contribution < 1.29 is 4.92 Å². The molecular formula is C7H7NO2S. The van der Waals surface area contributed by atoms with Gasteiger partial charge in [-0.25, -0.2) is 0 Å². The van der Waals surface area contributed by atoms with Crippen LogP contribution >= 0.6 is 11.3 Å². The van der Waals surface area contributed by atoms with Gasteiger partial charge in [-0.15, -0.1) is 11.3 Å². The fourth-order valence-corrected chi connectivity index (χ4v) is 1.46. The molecule has 0 saturated carbocycles. The smallest absolute Gasteiger partial charge is 0.235 e. The third kappa shape index (κ3) is 2.51. The summed E-state index contributed by atoms with van der Waals surface area (Å²) in [7, 11) is 0. The summed E-state index contributed by atoms with van der Waals surface area (Å²) in [5.74, 6) is 0. The Morgan fingerprint density at radius 1 is 1.73 bits per heavy atom. The zero-order chi connectivity index (χ0) is 8.27. The molecule has 0 aliphatic rings. The van der Waals surface area contributed by atoms with Crippen molar-refractivity contribution in [3.05, 3.63) is 38.2 Å². The summed E-state index contributed by atoms with van der Waals surface area (Å²) in [6, 6.07) is 1.91. The quantitative estimate of drug-likeness (QED) is 0.503. The van der Waals surface area contributed by atoms with E-state index in [1.165, 1.54) is 17.4 Å². The summed E-state index contributed by atoms with van der Waals surface area (Å²) in [4.78, 5) is 10.4. The van der Waals surface area contributed by atoms with Crippen molar-refractivity contribution in [3.63, 3.8) is 0 Å². The summed E-state index contributed by atoms with van der Waals surface area (Å²) in [5, 5.41) is 11.9. The van der Waals surface area contributed by atoms with E-state index in [4.69, 9.17) is 0 Å². The Hall–Kier alpha value is -1.16. The molecule has 1 aromatic rings. The third-order valence-electron chi connectivity index (χ3n) is 1.11. The van der Waals surface area contributed by atoms with Crippen LogP contribution in [0.2, 0.25) is 0 Å². The van der Waals surface area contributed by atoms with Gasteiger partial charge in [-0.3, -0.25) is 10.1 Å². The molecule has 0 bridgehead atoms. The van der Waals surface area contributed by atoms with Crippen LogP contribution < -0.4 is 0 Å². The minimum Gasteiger partial charge on any atom is -0.259 e. The van der Waals surface area contributed by atoms with E-state index in [1.54, 1.807) is 0 Å². The highest BCUT2D eigenvalue weighted by Crippen LogP contribution is 2.14. The molecule has 1 rings (SSSR count). The lowest BCUT2D eigenvalue weighted by Crippen LogP contribution is -1.80. The molecule has 3 nitrogen and oxygen atoms in total. The van der Waals surface area contributed by atoms with E-state index in [2.05, 4.69) is 0 Å². The standard InChI is InChI=1S/C7H7NO2S/c1-6-4-7(11-5-6)2-3-8(9)10/h2-5H,1H3. The van der Waals surface area contributed by atoms with Gasteiger partial charge in [0.1, 0.15) is 0 Å². The number of nitrogens with zero attached hydrogens (tertiary/aromatic N) is 1. The molecular weight excluding hydrogens is 162 g/mol. The van der Waals surface area contributed by atoms with E-state index in [0.29, 0.717) is 0 Å². The SMILES string of the molecule is Cc1csc(C=C[N+](=O)[O-])c1. The molecule has 11 heavy (non-hydrogen) atoms. The second-order valence-electron chi connectivity index (χ2n) is 2.13. The van der Waals surface area contributed by atoms with Crippen LogP contribution in [0.1, 0.15) is 10.4 Å². The molecule has 0 amide bonds. The molecule has 58 valence electrons. The molecule has 0 saturated heterocycles. The van der Waals surface area contributed by atoms with Crippen LogP contribution in [0, 0.1) is 17.0 Å². The van der Waals surface area contributed by atoms with Gasteiger partial charge in [0.15, 0.2) is 0 Å². The lowest BCUT2D eigenvalue weighted by molar-refractivity contribution is -0.400. The van der Waals surface area contributed by atoms with Crippen molar-refractivity contribution in [1.82, 2.24) is 0 Å². The fraction of sp³-hybridized carbons (Fsp3) is 0.143. The van der Waals surface area contributed by atoms with Gasteiger partial charge in [0.2, 0.25) is 6.20 Å². The van der Waals surface area contributed by atoms with Crippen LogP contribution in [0.25, 0.3) is 6.08 Å². The molecule has 1 aromatic heterocycles. The first-order valence-corrected chi connectivity index (χ1v) is 3.93. The molecule has 0 fully saturated rings. The molecule has 0 N–H and O–H groups in total. The highest BCUT2D eigenvalue weighted by molar-refractivity contribution is 7.11. The van der Waals surface area contributed by atoms with Crippen LogP contribution in [-0.2, 0) is 0 Å². The zero-order valence-electron chi connectivity index (χ0n) is 5.98. The van der Waals surface area contributed by atoms with Crippen molar-refractivity contribution in [2.45, 2.75) is 6.92 Å². The van der Waals surface area contributed by atoms with Gasteiger partial charge >= 0.3 is 0 Å². The van der Waals surface area contributed by atoms with Crippen molar-refractivity contribution in [3.8, 4) is 0 Å². The summed E-state index contributed by atoms with van der Waals surface area (Å²) < 4.78 is 0. The van der Waals surface area contributed by atoms with Crippen molar-refractivity contribution in [2.24, 2.45) is 0 Å². The van der Waals surface area contributed by atoms with Gasteiger partial charge < -0.3 is 0 Å². The van der Waals surface area contributed by atoms with E-state index >= 15 is 0 Å². The maximum Gasteiger partial charge on any atom is 0.235 e. The minimum atomic E-state index is -0.463. The Kier molecular flexibility index (Phi) is 2.38. The van der Waals surface area contributed by atoms with E-state index < -0.39 is 4.92 Å². The molecule has 4 heteroatoms. The van der Waals surface area contributed by atoms with Crippen LogP contribution in [0.4, 0.5) is 0 Å². The zero-order valence-corrected chi connectivity index (χ0v) is 6.80. The monoisotopic (exact) mass is 169 g/mol. The lowest BCUT2D eigenvalue weighted by Gasteiger charge is -1.78. The summed E-state index contributed by atoms with van der Waals surface area (Å²) in [6.07, 6.45) is 2.45. The average molecular weight is 169 g/mol. The summed E-state index contributed by atoms with van der Waals surface area (Å²) in [6.45, 7) is 1.96. The van der Waals surface area contributed by atoms with Crippen molar-refractivity contribution >= 4 is 17.4 Å². The Labute approximate surface area is 68.1 Å². The van der Waals surface area contributed by atoms with Crippen LogP contribution in [0.5, 0.6) is 0 Å². The molecule has 0 spiro atoms. The number of aryl methyl sites for hydroxylation is 1. The van der Waals surface area contributed by atoms with Crippen LogP contribution in [0.3, 0.4) is 0 Å². The predicted molar refractivity (Wildman–Crippen MR) is 45.1 cm³/mol. The first kappa shape index (κ1) is 7.94. The Balaban J connectivity index is 2.71. The van der Waals surface area contributed by atoms with Gasteiger partial charge in [0.05, 0.1) is 4.92 Å². The molecule has 0 aliphatic heterocycles. The first-order chi connectivity index (χ1) is 5.18. The van der Waals surface area contributed by atoms with E-state index in [9.17, 15) is 10.1 Å². The van der Waals surface area contributed by atoms with E-state index in [0.717, 1.165) is 16.6 Å². The molecule has 0 unspecified atom stereocenters. The summed E-state index contributed by atoms with van der Waals surface area (Å²) >= 11 is 1.50. The lowest BCUT2D eigenvalue weighted by atomic mass is 10.3. The predicted octanol–water partition coefficient (Wildman–Crippen LogP) is 2.30. The maximum absolute atomic E-state index is 9.90. The second kappa shape index (κ2) is 3.30. The van der Waals surface area contributed by atoms with Gasteiger partial charge in [0, 0.05) is 11.0 Å². The average Bonchev–Trinajstić information content (AvgIpc) is 2.31. The van der Waals surface area contributed by atoms with Crippen LogP contribution in [0.15, 0.2) is 17.6 Å². The number of hydrogen-bond donors (Lipinski definition) is 0. The van der Waals surface area contributed by atoms with Crippen molar-refractivity contribution in [2.75, 3.05) is 0 Å². The highest BCUT2D eigenvalue weighted by atomic mass is 32.1. The van der Waals surface area contributed by atoms with Crippen molar-refractivity contribution in [1.29, 1.82) is 0 Å². The Bertz CT molecular complexity index is 290. The number of hydrogen-bond acceptors (Lipinski definition) is 3. The van der Waals surface area contributed by atoms with E-state index in [-0.39, 0.29) is 0 Å². The van der Waals surface area contributed by atoms with Gasteiger partial charge in [-0.2, -0.15) is 0 Å². The van der Waals surface area contributed by atoms with Crippen LogP contribution in [-0.4, -0.2) is 4.92 Å². The maximum atomic E-state index is 9.90. The normalized spacial score (nSPS) is 10.6. The molecule has 0 aromatic carbocycles. The highest BCUT2D eigenvalue weighted by Gasteiger charge is 1.92. The van der Waals surface area contributed by atoms with Gasteiger partial charge in [-0.05, 0) is 23.9 Å². The Morgan fingerprint density at radius 3 is 2.91 bits per heavy atom. The number of rotatable bonds is 2. The largest absolute Gasteiger partial charge is 0.259 e. The second-order valence-corrected chi connectivity index (χ2v) is 3.07. The molecule has 0 radical (unpaired) electrons. The van der Waals surface area contributed by atoms with Gasteiger partial charge in [-0.1, -0.05) is 0 Å². The molecule has 1 heterocycles. The topological polar surface area (TPSA) is 43.1 Å². The third-order valence-corrected chi connectivity index (χ3v) is 2.13.